The molecule has 1 N–H and O–H groups in total. The summed E-state index contributed by atoms with van der Waals surface area (Å²) >= 11 is 0. The molecule has 1 aromatic heterocycles. The molecular formula is C22H29NO3. The van der Waals surface area contributed by atoms with Crippen LogP contribution in [0.1, 0.15) is 74.4 Å². The Labute approximate surface area is 155 Å². The van der Waals surface area contributed by atoms with Gasteiger partial charge in [0.25, 0.3) is 0 Å². The first-order chi connectivity index (χ1) is 11.8. The number of hydrogen-bond acceptors (Lipinski definition) is 2. The van der Waals surface area contributed by atoms with Crippen LogP contribution >= 0.6 is 0 Å². The minimum Gasteiger partial charge on any atom is -0.481 e. The van der Waals surface area contributed by atoms with Gasteiger partial charge in [0.2, 0.25) is 5.78 Å². The standard InChI is InChI=1S/C22H29NO3/c1-21(2,3)15-10-14(11-16(12-15)22(4,5)6)20(26)18-9-8-17(23(18)7)13-19(24)25/h8-12H,13H2,1-7H3,(H,24,25). The molecule has 0 unspecified atom stereocenters. The van der Waals surface area contributed by atoms with Gasteiger partial charge in [-0.2, -0.15) is 0 Å². The van der Waals surface area contributed by atoms with Gasteiger partial charge in [-0.3, -0.25) is 9.59 Å². The average Bonchev–Trinajstić information content (AvgIpc) is 2.85. The van der Waals surface area contributed by atoms with Crippen LogP contribution < -0.4 is 0 Å². The van der Waals surface area contributed by atoms with E-state index in [1.54, 1.807) is 23.7 Å². The molecule has 2 aromatic rings. The summed E-state index contributed by atoms with van der Waals surface area (Å²) in [5.74, 6) is -0.990. The second kappa shape index (κ2) is 6.75. The van der Waals surface area contributed by atoms with E-state index >= 15 is 0 Å². The fourth-order valence-electron chi connectivity index (χ4n) is 2.89. The molecule has 1 aromatic carbocycles. The highest BCUT2D eigenvalue weighted by Gasteiger charge is 2.24. The number of aliphatic carboxylic acids is 1. The van der Waals surface area contributed by atoms with Crippen molar-refractivity contribution in [3.05, 3.63) is 58.4 Å². The third-order valence-electron chi connectivity index (χ3n) is 4.72. The van der Waals surface area contributed by atoms with E-state index < -0.39 is 5.97 Å². The number of carboxylic acids is 1. The van der Waals surface area contributed by atoms with E-state index in [0.717, 1.165) is 11.1 Å². The van der Waals surface area contributed by atoms with E-state index in [4.69, 9.17) is 5.11 Å². The fourth-order valence-corrected chi connectivity index (χ4v) is 2.89. The molecule has 0 amide bonds. The molecule has 4 nitrogen and oxygen atoms in total. The SMILES string of the molecule is Cn1c(CC(=O)O)ccc1C(=O)c1cc(C(C)(C)C)cc(C(C)(C)C)c1. The van der Waals surface area contributed by atoms with Crippen LogP contribution in [0.3, 0.4) is 0 Å². The quantitative estimate of drug-likeness (QED) is 0.823. The van der Waals surface area contributed by atoms with Gasteiger partial charge >= 0.3 is 5.97 Å². The zero-order valence-corrected chi connectivity index (χ0v) is 16.8. The monoisotopic (exact) mass is 355 g/mol. The van der Waals surface area contributed by atoms with E-state index in [0.29, 0.717) is 17.0 Å². The summed E-state index contributed by atoms with van der Waals surface area (Å²) in [6.45, 7) is 12.8. The molecule has 0 atom stereocenters. The topological polar surface area (TPSA) is 59.3 Å². The zero-order chi connectivity index (χ0) is 19.9. The van der Waals surface area contributed by atoms with E-state index in [1.165, 1.54) is 0 Å². The lowest BCUT2D eigenvalue weighted by molar-refractivity contribution is -0.136. The van der Waals surface area contributed by atoms with Gasteiger partial charge in [-0.05, 0) is 46.2 Å². The lowest BCUT2D eigenvalue weighted by Gasteiger charge is -2.26. The number of benzene rings is 1. The maximum absolute atomic E-state index is 13.2. The van der Waals surface area contributed by atoms with Crippen molar-refractivity contribution in [2.75, 3.05) is 0 Å². The molecule has 26 heavy (non-hydrogen) atoms. The number of rotatable bonds is 4. The Morgan fingerprint density at radius 2 is 1.42 bits per heavy atom. The number of hydrogen-bond donors (Lipinski definition) is 1. The maximum atomic E-state index is 13.2. The summed E-state index contributed by atoms with van der Waals surface area (Å²) in [6, 6.07) is 9.52. The molecule has 0 radical (unpaired) electrons. The van der Waals surface area contributed by atoms with Crippen LogP contribution in [-0.2, 0) is 29.1 Å². The Hall–Kier alpha value is -2.36. The Balaban J connectivity index is 2.55. The third kappa shape index (κ3) is 4.24. The summed E-state index contributed by atoms with van der Waals surface area (Å²) in [7, 11) is 1.74. The molecule has 0 saturated carbocycles. The summed E-state index contributed by atoms with van der Waals surface area (Å²) in [4.78, 5) is 24.1. The second-order valence-electron chi connectivity index (χ2n) is 8.97. The molecule has 0 saturated heterocycles. The van der Waals surface area contributed by atoms with Crippen molar-refractivity contribution in [2.45, 2.75) is 58.8 Å². The first-order valence-corrected chi connectivity index (χ1v) is 8.88. The lowest BCUT2D eigenvalue weighted by atomic mass is 9.79. The number of ketones is 1. The van der Waals surface area contributed by atoms with Gasteiger partial charge in [0.05, 0.1) is 12.1 Å². The number of nitrogens with zero attached hydrogens (tertiary/aromatic N) is 1. The highest BCUT2D eigenvalue weighted by atomic mass is 16.4. The van der Waals surface area contributed by atoms with Crippen molar-refractivity contribution in [3.63, 3.8) is 0 Å². The molecule has 2 rings (SSSR count). The molecular weight excluding hydrogens is 326 g/mol. The number of aromatic nitrogens is 1. The first kappa shape index (κ1) is 20.0. The summed E-state index contributed by atoms with van der Waals surface area (Å²) in [5.41, 5.74) is 3.86. The zero-order valence-electron chi connectivity index (χ0n) is 16.8. The van der Waals surface area contributed by atoms with Gasteiger partial charge in [-0.1, -0.05) is 47.6 Å². The van der Waals surface area contributed by atoms with Crippen molar-refractivity contribution in [1.29, 1.82) is 0 Å². The molecule has 4 heteroatoms. The van der Waals surface area contributed by atoms with Crippen LogP contribution in [0.25, 0.3) is 0 Å². The molecule has 0 aliphatic carbocycles. The highest BCUT2D eigenvalue weighted by molar-refractivity contribution is 6.08. The van der Waals surface area contributed by atoms with Gasteiger partial charge < -0.3 is 9.67 Å². The van der Waals surface area contributed by atoms with Gasteiger partial charge in [0.1, 0.15) is 0 Å². The third-order valence-corrected chi connectivity index (χ3v) is 4.72. The number of carbonyl (C=O) groups excluding carboxylic acids is 1. The average molecular weight is 355 g/mol. The smallest absolute Gasteiger partial charge is 0.309 e. The van der Waals surface area contributed by atoms with Gasteiger partial charge in [-0.25, -0.2) is 0 Å². The predicted octanol–water partition coefficient (Wildman–Crippen LogP) is 4.48. The highest BCUT2D eigenvalue weighted by Crippen LogP contribution is 2.31. The molecule has 140 valence electrons. The predicted molar refractivity (Wildman–Crippen MR) is 104 cm³/mol. The fraction of sp³-hybridized carbons (Fsp3) is 0.455. The normalized spacial score (nSPS) is 12.3. The number of carboxylic acid groups (broad SMARTS) is 1. The van der Waals surface area contributed by atoms with Crippen LogP contribution in [0.2, 0.25) is 0 Å². The molecule has 0 fully saturated rings. The van der Waals surface area contributed by atoms with Crippen molar-refractivity contribution in [1.82, 2.24) is 4.57 Å². The molecule has 0 aliphatic heterocycles. The molecule has 1 heterocycles. The summed E-state index contributed by atoms with van der Waals surface area (Å²) < 4.78 is 1.68. The van der Waals surface area contributed by atoms with Crippen molar-refractivity contribution < 1.29 is 14.7 Å². The van der Waals surface area contributed by atoms with E-state index in [1.807, 2.05) is 12.1 Å². The van der Waals surface area contributed by atoms with E-state index in [-0.39, 0.29) is 23.0 Å². The lowest BCUT2D eigenvalue weighted by Crippen LogP contribution is -2.19. The molecule has 0 spiro atoms. The van der Waals surface area contributed by atoms with Crippen molar-refractivity contribution in [3.8, 4) is 0 Å². The molecule has 0 bridgehead atoms. The molecule has 0 aliphatic rings. The van der Waals surface area contributed by atoms with Crippen LogP contribution in [0, 0.1) is 0 Å². The van der Waals surface area contributed by atoms with Crippen LogP contribution in [0.5, 0.6) is 0 Å². The summed E-state index contributed by atoms with van der Waals surface area (Å²) in [5, 5.41) is 9.01. The number of carbonyl (C=O) groups is 2. The largest absolute Gasteiger partial charge is 0.481 e. The van der Waals surface area contributed by atoms with Gasteiger partial charge in [0.15, 0.2) is 0 Å². The Morgan fingerprint density at radius 3 is 1.85 bits per heavy atom. The van der Waals surface area contributed by atoms with Gasteiger partial charge in [0, 0.05) is 18.3 Å². The first-order valence-electron chi connectivity index (χ1n) is 8.88. The van der Waals surface area contributed by atoms with Crippen molar-refractivity contribution >= 4 is 11.8 Å². The second-order valence-corrected chi connectivity index (χ2v) is 8.97. The Morgan fingerprint density at radius 1 is 0.923 bits per heavy atom. The van der Waals surface area contributed by atoms with E-state index in [9.17, 15) is 9.59 Å². The van der Waals surface area contributed by atoms with Gasteiger partial charge in [-0.15, -0.1) is 0 Å². The van der Waals surface area contributed by atoms with Crippen molar-refractivity contribution in [2.24, 2.45) is 7.05 Å². The minimum absolute atomic E-state index is 0.0705. The maximum Gasteiger partial charge on any atom is 0.309 e. The Bertz CT molecular complexity index is 813. The summed E-state index contributed by atoms with van der Waals surface area (Å²) in [6.07, 6.45) is -0.0982. The Kier molecular flexibility index (Phi) is 5.18. The van der Waals surface area contributed by atoms with Crippen LogP contribution in [-0.4, -0.2) is 21.4 Å². The minimum atomic E-state index is -0.907. The van der Waals surface area contributed by atoms with E-state index in [2.05, 4.69) is 47.6 Å². The van der Waals surface area contributed by atoms with Crippen LogP contribution in [0.15, 0.2) is 30.3 Å². The van der Waals surface area contributed by atoms with Crippen LogP contribution in [0.4, 0.5) is 0 Å².